The van der Waals surface area contributed by atoms with Gasteiger partial charge in [-0.1, -0.05) is 24.3 Å². The molecule has 2 aromatic rings. The van der Waals surface area contributed by atoms with E-state index in [-0.39, 0.29) is 0 Å². The zero-order valence-corrected chi connectivity index (χ0v) is 13.2. The lowest BCUT2D eigenvalue weighted by molar-refractivity contribution is 0.132. The van der Waals surface area contributed by atoms with E-state index in [9.17, 15) is 4.39 Å². The third kappa shape index (κ3) is 4.45. The van der Waals surface area contributed by atoms with Crippen molar-refractivity contribution in [3.8, 4) is 16.9 Å². The van der Waals surface area contributed by atoms with E-state index >= 15 is 0 Å². The van der Waals surface area contributed by atoms with Crippen LogP contribution in [0.25, 0.3) is 11.1 Å². The van der Waals surface area contributed by atoms with E-state index in [1.54, 1.807) is 0 Å². The van der Waals surface area contributed by atoms with Gasteiger partial charge in [0.2, 0.25) is 0 Å². The molecule has 3 rings (SSSR count). The average molecular weight is 314 g/mol. The number of nitrogens with zero attached hydrogens (tertiary/aromatic N) is 1. The van der Waals surface area contributed by atoms with Crippen LogP contribution in [0, 0.1) is 0 Å². The van der Waals surface area contributed by atoms with Gasteiger partial charge in [-0.25, -0.2) is 4.39 Å². The maximum atomic E-state index is 13.1. The Bertz CT molecular complexity index is 622. The maximum absolute atomic E-state index is 13.1. The van der Waals surface area contributed by atoms with Crippen molar-refractivity contribution in [1.82, 2.24) is 4.90 Å². The van der Waals surface area contributed by atoms with Gasteiger partial charge in [0, 0.05) is 25.3 Å². The predicted octanol–water partition coefficient (Wildman–Crippen LogP) is 3.75. The van der Waals surface area contributed by atoms with Crippen LogP contribution in [0.2, 0.25) is 0 Å². The molecule has 0 atom stereocenters. The molecule has 4 heteroatoms. The summed E-state index contributed by atoms with van der Waals surface area (Å²) in [7, 11) is 0. The van der Waals surface area contributed by atoms with Gasteiger partial charge < -0.3 is 10.5 Å². The number of rotatable bonds is 5. The smallest absolute Gasteiger partial charge is 0.119 e. The van der Waals surface area contributed by atoms with Gasteiger partial charge in [-0.3, -0.25) is 4.90 Å². The van der Waals surface area contributed by atoms with E-state index < -0.39 is 6.17 Å². The first-order chi connectivity index (χ1) is 11.2. The lowest BCUT2D eigenvalue weighted by Crippen LogP contribution is -2.37. The summed E-state index contributed by atoms with van der Waals surface area (Å²) >= 11 is 0. The van der Waals surface area contributed by atoms with Crippen LogP contribution in [0.4, 0.5) is 10.1 Å². The fourth-order valence-corrected chi connectivity index (χ4v) is 2.88. The summed E-state index contributed by atoms with van der Waals surface area (Å²) in [5, 5.41) is 0. The minimum Gasteiger partial charge on any atom is -0.492 e. The van der Waals surface area contributed by atoms with Crippen molar-refractivity contribution in [3.63, 3.8) is 0 Å². The van der Waals surface area contributed by atoms with E-state index in [0.717, 1.165) is 42.2 Å². The van der Waals surface area contributed by atoms with Gasteiger partial charge in [-0.2, -0.15) is 0 Å². The summed E-state index contributed by atoms with van der Waals surface area (Å²) in [6.07, 6.45) is 0.677. The topological polar surface area (TPSA) is 38.5 Å². The van der Waals surface area contributed by atoms with Crippen molar-refractivity contribution >= 4 is 5.69 Å². The fourth-order valence-electron chi connectivity index (χ4n) is 2.88. The van der Waals surface area contributed by atoms with E-state index in [1.165, 1.54) is 0 Å². The molecule has 0 aliphatic carbocycles. The standard InChI is InChI=1S/C19H23FN2O/c20-17-8-10-22(11-9-17)12-13-23-19-6-4-15(5-7-19)16-2-1-3-18(21)14-16/h1-7,14,17H,8-13,21H2. The summed E-state index contributed by atoms with van der Waals surface area (Å²) in [6, 6.07) is 15.9. The van der Waals surface area contributed by atoms with Crippen molar-refractivity contribution in [2.24, 2.45) is 0 Å². The molecular weight excluding hydrogens is 291 g/mol. The molecule has 2 N–H and O–H groups in total. The molecule has 1 aliphatic rings. The second-order valence-corrected chi connectivity index (χ2v) is 6.01. The Morgan fingerprint density at radius 2 is 1.78 bits per heavy atom. The summed E-state index contributed by atoms with van der Waals surface area (Å²) in [4.78, 5) is 2.26. The Morgan fingerprint density at radius 3 is 2.48 bits per heavy atom. The molecule has 3 nitrogen and oxygen atoms in total. The number of nitrogens with two attached hydrogens (primary N) is 1. The number of ether oxygens (including phenoxy) is 1. The third-order valence-corrected chi connectivity index (χ3v) is 4.27. The quantitative estimate of drug-likeness (QED) is 0.854. The second-order valence-electron chi connectivity index (χ2n) is 6.01. The van der Waals surface area contributed by atoms with E-state index in [4.69, 9.17) is 10.5 Å². The Morgan fingerprint density at radius 1 is 1.04 bits per heavy atom. The zero-order valence-electron chi connectivity index (χ0n) is 13.2. The SMILES string of the molecule is Nc1cccc(-c2ccc(OCCN3CCC(F)CC3)cc2)c1. The first-order valence-electron chi connectivity index (χ1n) is 8.16. The average Bonchev–Trinajstić information content (AvgIpc) is 2.57. The van der Waals surface area contributed by atoms with Gasteiger partial charge in [0.05, 0.1) is 0 Å². The number of hydrogen-bond donors (Lipinski definition) is 1. The molecule has 1 aliphatic heterocycles. The summed E-state index contributed by atoms with van der Waals surface area (Å²) in [5.41, 5.74) is 8.80. The third-order valence-electron chi connectivity index (χ3n) is 4.27. The van der Waals surface area contributed by atoms with Gasteiger partial charge in [0.25, 0.3) is 0 Å². The van der Waals surface area contributed by atoms with Gasteiger partial charge in [0.15, 0.2) is 0 Å². The highest BCUT2D eigenvalue weighted by Gasteiger charge is 2.17. The first kappa shape index (κ1) is 15.8. The number of benzene rings is 2. The summed E-state index contributed by atoms with van der Waals surface area (Å²) in [5.74, 6) is 0.859. The summed E-state index contributed by atoms with van der Waals surface area (Å²) < 4.78 is 18.9. The highest BCUT2D eigenvalue weighted by atomic mass is 19.1. The predicted molar refractivity (Wildman–Crippen MR) is 92.4 cm³/mol. The monoisotopic (exact) mass is 314 g/mol. The number of likely N-dealkylation sites (tertiary alicyclic amines) is 1. The number of piperidine rings is 1. The van der Waals surface area contributed by atoms with Crippen molar-refractivity contribution in [2.45, 2.75) is 19.0 Å². The van der Waals surface area contributed by atoms with Gasteiger partial charge >= 0.3 is 0 Å². The minimum atomic E-state index is -0.619. The van der Waals surface area contributed by atoms with Crippen LogP contribution >= 0.6 is 0 Å². The number of hydrogen-bond acceptors (Lipinski definition) is 3. The highest BCUT2D eigenvalue weighted by molar-refractivity contribution is 5.67. The van der Waals surface area contributed by atoms with E-state index in [1.807, 2.05) is 48.5 Å². The highest BCUT2D eigenvalue weighted by Crippen LogP contribution is 2.24. The zero-order chi connectivity index (χ0) is 16.1. The molecule has 1 fully saturated rings. The van der Waals surface area contributed by atoms with Crippen molar-refractivity contribution in [1.29, 1.82) is 0 Å². The molecule has 0 radical (unpaired) electrons. The Kier molecular flexibility index (Phi) is 5.13. The van der Waals surface area contributed by atoms with Crippen LogP contribution < -0.4 is 10.5 Å². The van der Waals surface area contributed by atoms with Crippen molar-refractivity contribution < 1.29 is 9.13 Å². The molecule has 0 amide bonds. The molecular formula is C19H23FN2O. The van der Waals surface area contributed by atoms with Crippen LogP contribution in [0.5, 0.6) is 5.75 Å². The van der Waals surface area contributed by atoms with Crippen LogP contribution in [0.3, 0.4) is 0 Å². The first-order valence-corrected chi connectivity index (χ1v) is 8.16. The van der Waals surface area contributed by atoms with Crippen molar-refractivity contribution in [3.05, 3.63) is 48.5 Å². The molecule has 1 heterocycles. The number of alkyl halides is 1. The van der Waals surface area contributed by atoms with E-state index in [2.05, 4.69) is 4.90 Å². The number of nitrogen functional groups attached to an aromatic ring is 1. The molecule has 2 aromatic carbocycles. The molecule has 0 unspecified atom stereocenters. The van der Waals surface area contributed by atoms with Crippen LogP contribution in [0.1, 0.15) is 12.8 Å². The Balaban J connectivity index is 1.50. The Hall–Kier alpha value is -2.07. The number of halogens is 1. The molecule has 0 bridgehead atoms. The minimum absolute atomic E-state index is 0.619. The Labute approximate surface area is 136 Å². The normalized spacial score (nSPS) is 16.4. The molecule has 0 spiro atoms. The molecule has 1 saturated heterocycles. The second kappa shape index (κ2) is 7.47. The van der Waals surface area contributed by atoms with Crippen molar-refractivity contribution in [2.75, 3.05) is 32.0 Å². The molecule has 23 heavy (non-hydrogen) atoms. The lowest BCUT2D eigenvalue weighted by Gasteiger charge is -2.28. The number of anilines is 1. The van der Waals surface area contributed by atoms with Gasteiger partial charge in [0.1, 0.15) is 18.5 Å². The fraction of sp³-hybridized carbons (Fsp3) is 0.368. The van der Waals surface area contributed by atoms with Crippen LogP contribution in [-0.4, -0.2) is 37.3 Å². The van der Waals surface area contributed by atoms with Crippen LogP contribution in [-0.2, 0) is 0 Å². The van der Waals surface area contributed by atoms with Gasteiger partial charge in [-0.15, -0.1) is 0 Å². The molecule has 0 aromatic heterocycles. The van der Waals surface area contributed by atoms with E-state index in [0.29, 0.717) is 19.4 Å². The lowest BCUT2D eigenvalue weighted by atomic mass is 10.1. The maximum Gasteiger partial charge on any atom is 0.119 e. The molecule has 122 valence electrons. The summed E-state index contributed by atoms with van der Waals surface area (Å²) in [6.45, 7) is 3.15. The largest absolute Gasteiger partial charge is 0.492 e. The van der Waals surface area contributed by atoms with Gasteiger partial charge in [-0.05, 0) is 48.2 Å². The van der Waals surface area contributed by atoms with Crippen LogP contribution in [0.15, 0.2) is 48.5 Å². The molecule has 0 saturated carbocycles.